The van der Waals surface area contributed by atoms with Crippen molar-refractivity contribution in [3.05, 3.63) is 48.7 Å². The summed E-state index contributed by atoms with van der Waals surface area (Å²) in [6.45, 7) is 2.25. The second kappa shape index (κ2) is 8.10. The van der Waals surface area contributed by atoms with E-state index in [0.29, 0.717) is 11.8 Å². The molecule has 8 nitrogen and oxygen atoms in total. The van der Waals surface area contributed by atoms with Gasteiger partial charge >= 0.3 is 0 Å². The molecule has 170 valence electrons. The highest BCUT2D eigenvalue weighted by molar-refractivity contribution is 5.81. The number of hydrogen-bond acceptors (Lipinski definition) is 6. The first kappa shape index (κ1) is 20.1. The number of nitrogens with two attached hydrogens (primary N) is 1. The Balaban J connectivity index is 1.24. The van der Waals surface area contributed by atoms with Gasteiger partial charge in [0.1, 0.15) is 11.6 Å². The van der Waals surface area contributed by atoms with Crippen LogP contribution in [0.4, 0.5) is 23.1 Å². The lowest BCUT2D eigenvalue weighted by Crippen LogP contribution is -2.41. The predicted molar refractivity (Wildman–Crippen MR) is 130 cm³/mol. The van der Waals surface area contributed by atoms with Crippen molar-refractivity contribution in [1.82, 2.24) is 15.0 Å². The van der Waals surface area contributed by atoms with Crippen LogP contribution in [0.15, 0.2) is 48.7 Å². The van der Waals surface area contributed by atoms with Crippen molar-refractivity contribution in [3.63, 3.8) is 0 Å². The Hall–Kier alpha value is -3.55. The number of aromatic amines is 1. The molecule has 1 saturated heterocycles. The summed E-state index contributed by atoms with van der Waals surface area (Å²) in [6.07, 6.45) is 10.9. The molecule has 3 aliphatic heterocycles. The molecular weight excluding hydrogens is 414 g/mol. The van der Waals surface area contributed by atoms with Gasteiger partial charge in [0.25, 0.3) is 0 Å². The topological polar surface area (TPSA) is 112 Å². The summed E-state index contributed by atoms with van der Waals surface area (Å²) in [5.41, 5.74) is 8.86. The van der Waals surface area contributed by atoms with Gasteiger partial charge in [0.05, 0.1) is 11.5 Å². The molecule has 5 aliphatic rings. The van der Waals surface area contributed by atoms with Crippen LogP contribution in [0.2, 0.25) is 0 Å². The fraction of sp³-hybridized carbons (Fsp3) is 0.400. The average Bonchev–Trinajstić information content (AvgIpc) is 3.56. The molecule has 33 heavy (non-hydrogen) atoms. The maximum absolute atomic E-state index is 12.1. The number of benzene rings is 1. The standard InChI is InChI=1S/C25H29N7O/c26-22(33)20-15-4-5-16(14-15)21(20)29-24-19-10-11-27-23(19)30-25(31-24)28-17-6-8-18(9-7-17)32-12-2-1-3-13-32/h4-11,15-16,20-21H,1-3,12-14H2,(H2,26,33)(H3,27,28,29,30,31). The Bertz CT molecular complexity index is 1150. The third kappa shape index (κ3) is 3.69. The molecule has 4 atom stereocenters. The SMILES string of the molecule is NC(=O)C1C2C=CC(C2)C1Nc1nc(Nc2ccc(N3CCCCC3)cc2)[nH]c2nccc1-2. The van der Waals surface area contributed by atoms with Crippen molar-refractivity contribution in [3.8, 4) is 11.4 Å². The number of rotatable bonds is 6. The van der Waals surface area contributed by atoms with Gasteiger partial charge in [-0.2, -0.15) is 4.98 Å². The number of primary amides is 1. The van der Waals surface area contributed by atoms with Gasteiger partial charge in [0.15, 0.2) is 0 Å². The Morgan fingerprint density at radius 2 is 1.85 bits per heavy atom. The molecule has 0 aromatic heterocycles. The van der Waals surface area contributed by atoms with Crippen LogP contribution in [0.1, 0.15) is 25.7 Å². The molecule has 8 heteroatoms. The normalized spacial score (nSPS) is 26.1. The largest absolute Gasteiger partial charge is 0.372 e. The first-order valence-corrected chi connectivity index (χ1v) is 11.9. The molecular formula is C25H29N7O. The quantitative estimate of drug-likeness (QED) is 0.432. The zero-order chi connectivity index (χ0) is 22.4. The van der Waals surface area contributed by atoms with Gasteiger partial charge in [0, 0.05) is 36.7 Å². The highest BCUT2D eigenvalue weighted by Gasteiger charge is 2.47. The summed E-state index contributed by atoms with van der Waals surface area (Å²) in [5.74, 6) is 2.09. The predicted octanol–water partition coefficient (Wildman–Crippen LogP) is 3.73. The molecule has 2 aliphatic carbocycles. The monoisotopic (exact) mass is 443 g/mol. The fourth-order valence-corrected chi connectivity index (χ4v) is 5.72. The Morgan fingerprint density at radius 1 is 1.06 bits per heavy atom. The molecule has 5 N–H and O–H groups in total. The highest BCUT2D eigenvalue weighted by atomic mass is 16.1. The maximum Gasteiger partial charge on any atom is 0.223 e. The van der Waals surface area contributed by atoms with Crippen LogP contribution in [-0.4, -0.2) is 40.0 Å². The van der Waals surface area contributed by atoms with E-state index in [1.54, 1.807) is 6.20 Å². The second-order valence-corrected chi connectivity index (χ2v) is 9.41. The van der Waals surface area contributed by atoms with E-state index in [9.17, 15) is 4.79 Å². The number of carbonyl (C=O) groups is 1. The lowest BCUT2D eigenvalue weighted by molar-refractivity contribution is -0.122. The number of hydrogen-bond donors (Lipinski definition) is 4. The molecule has 1 saturated carbocycles. The highest BCUT2D eigenvalue weighted by Crippen LogP contribution is 2.45. The third-order valence-corrected chi connectivity index (χ3v) is 7.36. The minimum atomic E-state index is -0.254. The van der Waals surface area contributed by atoms with E-state index >= 15 is 0 Å². The zero-order valence-electron chi connectivity index (χ0n) is 18.5. The number of aromatic nitrogens is 3. The summed E-state index contributed by atoms with van der Waals surface area (Å²) >= 11 is 0. The molecule has 2 bridgehead atoms. The number of carbonyl (C=O) groups excluding carboxylic acids is 1. The lowest BCUT2D eigenvalue weighted by Gasteiger charge is -2.29. The van der Waals surface area contributed by atoms with Gasteiger partial charge < -0.3 is 26.3 Å². The molecule has 0 radical (unpaired) electrons. The number of fused-ring (bicyclic) bond motifs is 3. The van der Waals surface area contributed by atoms with Gasteiger partial charge in [-0.15, -0.1) is 0 Å². The van der Waals surface area contributed by atoms with Crippen molar-refractivity contribution in [2.75, 3.05) is 28.6 Å². The number of nitrogens with one attached hydrogen (secondary N) is 3. The van der Waals surface area contributed by atoms with Crippen molar-refractivity contribution < 1.29 is 4.79 Å². The van der Waals surface area contributed by atoms with Gasteiger partial charge in [-0.05, 0) is 67.9 Å². The maximum atomic E-state index is 12.1. The Labute approximate surface area is 193 Å². The van der Waals surface area contributed by atoms with E-state index in [-0.39, 0.29) is 29.7 Å². The van der Waals surface area contributed by atoms with Crippen LogP contribution in [0.25, 0.3) is 11.4 Å². The summed E-state index contributed by atoms with van der Waals surface area (Å²) in [7, 11) is 0. The van der Waals surface area contributed by atoms with Gasteiger partial charge in [0.2, 0.25) is 11.9 Å². The van der Waals surface area contributed by atoms with E-state index in [0.717, 1.165) is 36.6 Å². The van der Waals surface area contributed by atoms with Crippen molar-refractivity contribution in [2.24, 2.45) is 23.5 Å². The number of amides is 1. The van der Waals surface area contributed by atoms with Crippen LogP contribution in [0, 0.1) is 17.8 Å². The second-order valence-electron chi connectivity index (χ2n) is 9.41. The molecule has 1 amide bonds. The van der Waals surface area contributed by atoms with Crippen LogP contribution in [0.3, 0.4) is 0 Å². The first-order valence-electron chi connectivity index (χ1n) is 11.9. The first-order chi connectivity index (χ1) is 16.2. The van der Waals surface area contributed by atoms with Crippen LogP contribution >= 0.6 is 0 Å². The molecule has 4 unspecified atom stereocenters. The number of piperidine rings is 1. The number of nitrogens with zero attached hydrogens (tertiary/aromatic N) is 3. The van der Waals surface area contributed by atoms with Crippen LogP contribution in [-0.2, 0) is 4.79 Å². The number of H-pyrrole nitrogens is 1. The Kier molecular flexibility index (Phi) is 4.93. The fourth-order valence-electron chi connectivity index (χ4n) is 5.72. The van der Waals surface area contributed by atoms with Crippen LogP contribution in [0.5, 0.6) is 0 Å². The molecule has 1 aromatic carbocycles. The molecule has 3 heterocycles. The van der Waals surface area contributed by atoms with Crippen molar-refractivity contribution in [1.29, 1.82) is 0 Å². The summed E-state index contributed by atoms with van der Waals surface area (Å²) in [4.78, 5) is 27.1. The van der Waals surface area contributed by atoms with Gasteiger partial charge in [-0.3, -0.25) is 4.79 Å². The zero-order valence-corrected chi connectivity index (χ0v) is 18.5. The summed E-state index contributed by atoms with van der Waals surface area (Å²) in [6, 6.07) is 10.4. The van der Waals surface area contributed by atoms with E-state index in [4.69, 9.17) is 10.7 Å². The van der Waals surface area contributed by atoms with Gasteiger partial charge in [-0.1, -0.05) is 12.2 Å². The third-order valence-electron chi connectivity index (χ3n) is 7.36. The van der Waals surface area contributed by atoms with E-state index in [1.807, 2.05) is 6.07 Å². The smallest absolute Gasteiger partial charge is 0.223 e. The number of anilines is 4. The molecule has 2 fully saturated rings. The van der Waals surface area contributed by atoms with Gasteiger partial charge in [-0.25, -0.2) is 4.98 Å². The van der Waals surface area contributed by atoms with Crippen molar-refractivity contribution in [2.45, 2.75) is 31.7 Å². The van der Waals surface area contributed by atoms with Crippen LogP contribution < -0.4 is 21.3 Å². The molecule has 0 spiro atoms. The Morgan fingerprint density at radius 3 is 2.64 bits per heavy atom. The minimum Gasteiger partial charge on any atom is -0.372 e. The summed E-state index contributed by atoms with van der Waals surface area (Å²) < 4.78 is 0. The van der Waals surface area contributed by atoms with E-state index in [2.05, 4.69) is 61.9 Å². The number of allylic oxidation sites excluding steroid dienone is 1. The van der Waals surface area contributed by atoms with E-state index < -0.39 is 0 Å². The average molecular weight is 444 g/mol. The van der Waals surface area contributed by atoms with E-state index in [1.165, 1.54) is 24.9 Å². The molecule has 6 rings (SSSR count). The minimum absolute atomic E-state index is 0.0535. The lowest BCUT2D eigenvalue weighted by atomic mass is 9.88. The van der Waals surface area contributed by atoms with Crippen molar-refractivity contribution >= 4 is 29.0 Å². The summed E-state index contributed by atoms with van der Waals surface area (Å²) in [5, 5.41) is 6.92. The molecule has 1 aromatic rings.